The molecule has 14 heavy (non-hydrogen) atoms. The highest BCUT2D eigenvalue weighted by molar-refractivity contribution is 9.13. The van der Waals surface area contributed by atoms with Crippen LogP contribution in [0.3, 0.4) is 0 Å². The third-order valence-electron chi connectivity index (χ3n) is 1.54. The molecular formula is C8H5Br2N3O. The zero-order valence-electron chi connectivity index (χ0n) is 6.87. The third kappa shape index (κ3) is 1.80. The lowest BCUT2D eigenvalue weighted by Gasteiger charge is -1.94. The van der Waals surface area contributed by atoms with Crippen molar-refractivity contribution < 1.29 is 4.42 Å². The number of halogens is 2. The van der Waals surface area contributed by atoms with E-state index in [1.165, 1.54) is 12.4 Å². The first-order valence-electron chi connectivity index (χ1n) is 3.69. The van der Waals surface area contributed by atoms with Crippen LogP contribution in [0.5, 0.6) is 0 Å². The molecule has 2 N–H and O–H groups in total. The minimum Gasteiger partial charge on any atom is -0.445 e. The summed E-state index contributed by atoms with van der Waals surface area (Å²) in [5, 5.41) is 0. The van der Waals surface area contributed by atoms with Gasteiger partial charge in [-0.05, 0) is 31.9 Å². The fraction of sp³-hybridized carbons (Fsp3) is 0. The molecule has 0 unspecified atom stereocenters. The van der Waals surface area contributed by atoms with E-state index in [4.69, 9.17) is 10.2 Å². The second kappa shape index (κ2) is 3.70. The Morgan fingerprint density at radius 3 is 2.36 bits per heavy atom. The van der Waals surface area contributed by atoms with Crippen molar-refractivity contribution in [1.82, 2.24) is 9.97 Å². The zero-order chi connectivity index (χ0) is 10.1. The second-order valence-electron chi connectivity index (χ2n) is 2.57. The summed E-state index contributed by atoms with van der Waals surface area (Å²) < 4.78 is 6.79. The van der Waals surface area contributed by atoms with Gasteiger partial charge in [0.25, 0.3) is 0 Å². The maximum Gasteiger partial charge on any atom is 0.195 e. The summed E-state index contributed by atoms with van der Waals surface area (Å²) in [5.74, 6) is 1.09. The van der Waals surface area contributed by atoms with E-state index in [1.807, 2.05) is 0 Å². The molecular weight excluding hydrogens is 314 g/mol. The number of nitrogen functional groups attached to an aromatic ring is 1. The van der Waals surface area contributed by atoms with Gasteiger partial charge in [-0.1, -0.05) is 0 Å². The first kappa shape index (κ1) is 9.67. The van der Waals surface area contributed by atoms with Gasteiger partial charge < -0.3 is 10.2 Å². The van der Waals surface area contributed by atoms with Gasteiger partial charge in [0.15, 0.2) is 16.3 Å². The molecule has 0 saturated carbocycles. The van der Waals surface area contributed by atoms with E-state index in [1.54, 1.807) is 6.07 Å². The number of nitrogens with zero attached hydrogens (tertiary/aromatic N) is 2. The number of hydrogen-bond donors (Lipinski definition) is 1. The molecule has 72 valence electrons. The van der Waals surface area contributed by atoms with Crippen molar-refractivity contribution in [2.45, 2.75) is 0 Å². The number of anilines is 1. The van der Waals surface area contributed by atoms with Crippen LogP contribution in [-0.2, 0) is 0 Å². The maximum absolute atomic E-state index is 5.47. The van der Waals surface area contributed by atoms with E-state index < -0.39 is 0 Å². The van der Waals surface area contributed by atoms with Crippen LogP contribution in [0.1, 0.15) is 0 Å². The summed E-state index contributed by atoms with van der Waals surface area (Å²) in [6.07, 6.45) is 3.07. The quantitative estimate of drug-likeness (QED) is 0.878. The Morgan fingerprint density at radius 1 is 1.21 bits per heavy atom. The first-order valence-corrected chi connectivity index (χ1v) is 5.28. The lowest BCUT2D eigenvalue weighted by Crippen LogP contribution is -1.90. The molecule has 2 aromatic rings. The van der Waals surface area contributed by atoms with Crippen LogP contribution >= 0.6 is 31.9 Å². The predicted octanol–water partition coefficient (Wildman–Crippen LogP) is 2.84. The van der Waals surface area contributed by atoms with E-state index in [0.717, 1.165) is 4.47 Å². The van der Waals surface area contributed by atoms with Gasteiger partial charge in [-0.2, -0.15) is 0 Å². The van der Waals surface area contributed by atoms with E-state index in [0.29, 0.717) is 21.9 Å². The molecule has 0 aliphatic rings. The van der Waals surface area contributed by atoms with Gasteiger partial charge in [0.1, 0.15) is 0 Å². The fourth-order valence-corrected chi connectivity index (χ4v) is 1.50. The van der Waals surface area contributed by atoms with Crippen LogP contribution in [0.25, 0.3) is 11.6 Å². The second-order valence-corrected chi connectivity index (χ2v) is 4.15. The van der Waals surface area contributed by atoms with E-state index in [-0.39, 0.29) is 0 Å². The molecule has 0 aliphatic carbocycles. The number of nitrogens with two attached hydrogens (primary N) is 1. The standard InChI is InChI=1S/C8H5Br2N3O/c9-5-1-6(14-7(5)10)8-12-2-4(11)3-13-8/h1-3H,11H2. The molecule has 0 aliphatic heterocycles. The summed E-state index contributed by atoms with van der Waals surface area (Å²) in [6, 6.07) is 1.79. The van der Waals surface area contributed by atoms with Gasteiger partial charge in [0, 0.05) is 6.07 Å². The van der Waals surface area contributed by atoms with Crippen molar-refractivity contribution in [3.05, 3.63) is 27.6 Å². The van der Waals surface area contributed by atoms with Crippen molar-refractivity contribution >= 4 is 37.5 Å². The van der Waals surface area contributed by atoms with Gasteiger partial charge in [0.05, 0.1) is 22.6 Å². The Morgan fingerprint density at radius 2 is 1.86 bits per heavy atom. The number of furan rings is 1. The van der Waals surface area contributed by atoms with Crippen LogP contribution in [0.2, 0.25) is 0 Å². The van der Waals surface area contributed by atoms with Crippen molar-refractivity contribution in [3.63, 3.8) is 0 Å². The van der Waals surface area contributed by atoms with Crippen LogP contribution in [0.15, 0.2) is 32.0 Å². The molecule has 2 rings (SSSR count). The summed E-state index contributed by atoms with van der Waals surface area (Å²) >= 11 is 6.54. The van der Waals surface area contributed by atoms with Gasteiger partial charge >= 0.3 is 0 Å². The maximum atomic E-state index is 5.47. The number of hydrogen-bond acceptors (Lipinski definition) is 4. The number of aromatic nitrogens is 2. The summed E-state index contributed by atoms with van der Waals surface area (Å²) in [6.45, 7) is 0. The molecule has 4 nitrogen and oxygen atoms in total. The SMILES string of the molecule is Nc1cnc(-c2cc(Br)c(Br)o2)nc1. The van der Waals surface area contributed by atoms with Crippen LogP contribution in [0, 0.1) is 0 Å². The Bertz CT molecular complexity index is 433. The molecule has 0 fully saturated rings. The molecule has 6 heteroatoms. The Hall–Kier alpha value is -0.880. The van der Waals surface area contributed by atoms with Crippen molar-refractivity contribution in [1.29, 1.82) is 0 Å². The lowest BCUT2D eigenvalue weighted by atomic mass is 10.4. The molecule has 0 saturated heterocycles. The van der Waals surface area contributed by atoms with E-state index in [9.17, 15) is 0 Å². The Labute approximate surface area is 96.8 Å². The van der Waals surface area contributed by atoms with Crippen LogP contribution in [-0.4, -0.2) is 9.97 Å². The van der Waals surface area contributed by atoms with Crippen molar-refractivity contribution in [3.8, 4) is 11.6 Å². The first-order chi connectivity index (χ1) is 6.66. The molecule has 0 spiro atoms. The molecule has 0 aromatic carbocycles. The molecule has 2 aromatic heterocycles. The van der Waals surface area contributed by atoms with E-state index >= 15 is 0 Å². The fourth-order valence-electron chi connectivity index (χ4n) is 0.922. The normalized spacial score (nSPS) is 10.4. The summed E-state index contributed by atoms with van der Waals surface area (Å²) in [4.78, 5) is 8.06. The molecule has 2 heterocycles. The molecule has 0 atom stereocenters. The average Bonchev–Trinajstić information content (AvgIpc) is 2.48. The lowest BCUT2D eigenvalue weighted by molar-refractivity contribution is 0.549. The highest BCUT2D eigenvalue weighted by Crippen LogP contribution is 2.30. The van der Waals surface area contributed by atoms with Crippen molar-refractivity contribution in [2.24, 2.45) is 0 Å². The Balaban J connectivity index is 2.44. The number of rotatable bonds is 1. The molecule has 0 radical (unpaired) electrons. The summed E-state index contributed by atoms with van der Waals surface area (Å²) in [5.41, 5.74) is 5.99. The van der Waals surface area contributed by atoms with Gasteiger partial charge in [0.2, 0.25) is 0 Å². The van der Waals surface area contributed by atoms with Crippen LogP contribution < -0.4 is 5.73 Å². The minimum absolute atomic E-state index is 0.505. The van der Waals surface area contributed by atoms with Gasteiger partial charge in [-0.25, -0.2) is 9.97 Å². The smallest absolute Gasteiger partial charge is 0.195 e. The van der Waals surface area contributed by atoms with Crippen LogP contribution in [0.4, 0.5) is 5.69 Å². The van der Waals surface area contributed by atoms with E-state index in [2.05, 4.69) is 41.8 Å². The third-order valence-corrected chi connectivity index (χ3v) is 3.25. The summed E-state index contributed by atoms with van der Waals surface area (Å²) in [7, 11) is 0. The minimum atomic E-state index is 0.505. The van der Waals surface area contributed by atoms with Crippen molar-refractivity contribution in [2.75, 3.05) is 5.73 Å². The molecule has 0 bridgehead atoms. The highest BCUT2D eigenvalue weighted by atomic mass is 79.9. The Kier molecular flexibility index (Phi) is 2.56. The van der Waals surface area contributed by atoms with Gasteiger partial charge in [-0.3, -0.25) is 0 Å². The molecule has 0 amide bonds. The van der Waals surface area contributed by atoms with Gasteiger partial charge in [-0.15, -0.1) is 0 Å². The average molecular weight is 319 g/mol. The monoisotopic (exact) mass is 317 g/mol. The largest absolute Gasteiger partial charge is 0.445 e. The zero-order valence-corrected chi connectivity index (χ0v) is 10.0. The topological polar surface area (TPSA) is 64.9 Å². The predicted molar refractivity (Wildman–Crippen MR) is 59.5 cm³/mol. The highest BCUT2D eigenvalue weighted by Gasteiger charge is 2.09.